The standard InChI is InChI=1S/C38H29N7O5S/c1-24-36(38(47)45(44-24)31-10-6-3-7-11-31)42-40-29-17-12-25(13-18-29)26-14-19-30(20-15-26)41-43-37-33(39-28-8-4-2-5-9-28)21-16-27-22-32(51(48,49)50)23-34(46)35(27)37/h2-23,40-41,43H,1H3,(H,48,49,50). The van der Waals surface area contributed by atoms with Gasteiger partial charge in [-0.1, -0.05) is 66.7 Å². The van der Waals surface area contributed by atoms with Crippen LogP contribution in [0.1, 0.15) is 6.92 Å². The first-order valence-electron chi connectivity index (χ1n) is 15.7. The molecule has 0 aromatic heterocycles. The fraction of sp³-hybridized carbons (Fsp3) is 0.0263. The zero-order valence-corrected chi connectivity index (χ0v) is 27.8. The number of aliphatic imine (C=N–C) groups is 1. The minimum absolute atomic E-state index is 0.204. The van der Waals surface area contributed by atoms with Crippen LogP contribution in [-0.4, -0.2) is 41.8 Å². The van der Waals surface area contributed by atoms with E-state index in [-0.39, 0.29) is 17.2 Å². The maximum atomic E-state index is 13.2. The molecule has 1 aliphatic heterocycles. The van der Waals surface area contributed by atoms with Gasteiger partial charge in [-0.05, 0) is 84.3 Å². The normalized spacial score (nSPS) is 17.3. The molecule has 0 bridgehead atoms. The van der Waals surface area contributed by atoms with Crippen molar-refractivity contribution in [2.45, 2.75) is 6.92 Å². The topological polar surface area (TPSA) is 165 Å². The van der Waals surface area contributed by atoms with Crippen LogP contribution in [0.25, 0.3) is 11.1 Å². The SMILES string of the molecule is CC1=NN(c2ccccc2)C(=O)C1=NNc1ccc(-c2ccc(NNC3=C4C(=O)C=C(S(=O)(=O)O)C=C4C=CC3=Nc3ccccc3)cc2)cc1. The number of nitrogens with zero attached hydrogens (tertiary/aromatic N) is 4. The van der Waals surface area contributed by atoms with Gasteiger partial charge in [0.25, 0.3) is 10.1 Å². The fourth-order valence-corrected chi connectivity index (χ4v) is 6.04. The lowest BCUT2D eigenvalue weighted by Crippen LogP contribution is -2.31. The van der Waals surface area contributed by atoms with Gasteiger partial charge in [0.2, 0.25) is 0 Å². The van der Waals surface area contributed by atoms with E-state index in [4.69, 9.17) is 0 Å². The summed E-state index contributed by atoms with van der Waals surface area (Å²) in [5, 5.41) is 10.0. The third kappa shape index (κ3) is 7.06. The minimum Gasteiger partial charge on any atom is -0.301 e. The molecule has 0 unspecified atom stereocenters. The van der Waals surface area contributed by atoms with Crippen LogP contribution in [-0.2, 0) is 19.7 Å². The summed E-state index contributed by atoms with van der Waals surface area (Å²) in [7, 11) is -4.58. The van der Waals surface area contributed by atoms with Gasteiger partial charge in [0.05, 0.1) is 50.3 Å². The smallest absolute Gasteiger partial charge is 0.301 e. The first kappa shape index (κ1) is 32.8. The molecule has 0 radical (unpaired) electrons. The predicted octanol–water partition coefficient (Wildman–Crippen LogP) is 6.34. The molecule has 4 aromatic rings. The van der Waals surface area contributed by atoms with Crippen molar-refractivity contribution in [3.05, 3.63) is 155 Å². The maximum Gasteiger partial charge on any atom is 0.301 e. The highest BCUT2D eigenvalue weighted by Gasteiger charge is 2.31. The Kier molecular flexibility index (Phi) is 8.80. The zero-order valence-electron chi connectivity index (χ0n) is 27.0. The fourth-order valence-electron chi connectivity index (χ4n) is 5.51. The van der Waals surface area contributed by atoms with Gasteiger partial charge in [-0.2, -0.15) is 23.6 Å². The lowest BCUT2D eigenvalue weighted by atomic mass is 9.89. The summed E-state index contributed by atoms with van der Waals surface area (Å²) < 4.78 is 33.1. The van der Waals surface area contributed by atoms with Crippen molar-refractivity contribution < 1.29 is 22.6 Å². The second-order valence-corrected chi connectivity index (χ2v) is 12.9. The molecule has 51 heavy (non-hydrogen) atoms. The van der Waals surface area contributed by atoms with Crippen molar-refractivity contribution in [3.63, 3.8) is 0 Å². The molecule has 3 aliphatic rings. The van der Waals surface area contributed by atoms with Crippen LogP contribution in [0.3, 0.4) is 0 Å². The number of allylic oxidation sites excluding steroid dienone is 6. The summed E-state index contributed by atoms with van der Waals surface area (Å²) in [6.07, 6.45) is 5.39. The lowest BCUT2D eigenvalue weighted by Gasteiger charge is -2.23. The largest absolute Gasteiger partial charge is 0.301 e. The number of nitrogens with one attached hydrogen (secondary N) is 3. The first-order valence-corrected chi connectivity index (χ1v) is 17.1. The zero-order chi connectivity index (χ0) is 35.5. The molecule has 7 rings (SSSR count). The van der Waals surface area contributed by atoms with Crippen LogP contribution in [0.2, 0.25) is 0 Å². The van der Waals surface area contributed by atoms with Crippen molar-refractivity contribution in [1.29, 1.82) is 0 Å². The summed E-state index contributed by atoms with van der Waals surface area (Å²) in [6, 6.07) is 33.5. The molecule has 1 heterocycles. The van der Waals surface area contributed by atoms with Crippen LogP contribution in [0, 0.1) is 0 Å². The quantitative estimate of drug-likeness (QED) is 0.116. The Bertz CT molecular complexity index is 2380. The van der Waals surface area contributed by atoms with E-state index in [2.05, 4.69) is 31.5 Å². The molecule has 0 spiro atoms. The Morgan fingerprint density at radius 2 is 1.37 bits per heavy atom. The van der Waals surface area contributed by atoms with Crippen LogP contribution in [0.5, 0.6) is 0 Å². The van der Waals surface area contributed by atoms with E-state index in [9.17, 15) is 22.6 Å². The number of hydrazone groups is 2. The molecule has 12 nitrogen and oxygen atoms in total. The second-order valence-electron chi connectivity index (χ2n) is 11.5. The number of hydrogen-bond acceptors (Lipinski definition) is 10. The van der Waals surface area contributed by atoms with Crippen LogP contribution in [0.15, 0.2) is 170 Å². The number of fused-ring (bicyclic) bond motifs is 1. The van der Waals surface area contributed by atoms with E-state index >= 15 is 0 Å². The predicted molar refractivity (Wildman–Crippen MR) is 199 cm³/mol. The summed E-state index contributed by atoms with van der Waals surface area (Å²) >= 11 is 0. The minimum atomic E-state index is -4.58. The summed E-state index contributed by atoms with van der Waals surface area (Å²) in [5.41, 5.74) is 15.8. The molecule has 4 N–H and O–H groups in total. The van der Waals surface area contributed by atoms with Crippen molar-refractivity contribution >= 4 is 61.7 Å². The highest BCUT2D eigenvalue weighted by molar-refractivity contribution is 7.90. The van der Waals surface area contributed by atoms with E-state index in [1.54, 1.807) is 19.1 Å². The van der Waals surface area contributed by atoms with E-state index in [1.807, 2.05) is 109 Å². The summed E-state index contributed by atoms with van der Waals surface area (Å²) in [5.74, 6) is -0.908. The monoisotopic (exact) mass is 695 g/mol. The number of benzene rings is 4. The van der Waals surface area contributed by atoms with Crippen LogP contribution in [0.4, 0.5) is 22.7 Å². The molecule has 4 aromatic carbocycles. The van der Waals surface area contributed by atoms with Gasteiger partial charge in [-0.15, -0.1) is 0 Å². The van der Waals surface area contributed by atoms with E-state index < -0.39 is 20.8 Å². The Morgan fingerprint density at radius 1 is 0.745 bits per heavy atom. The molecule has 252 valence electrons. The Morgan fingerprint density at radius 3 is 2.02 bits per heavy atom. The average molecular weight is 696 g/mol. The van der Waals surface area contributed by atoms with Gasteiger partial charge >= 0.3 is 5.91 Å². The number of para-hydroxylation sites is 2. The van der Waals surface area contributed by atoms with Crippen LogP contribution < -0.4 is 21.3 Å². The molecule has 0 saturated heterocycles. The van der Waals surface area contributed by atoms with E-state index in [1.165, 1.54) is 11.1 Å². The summed E-state index contributed by atoms with van der Waals surface area (Å²) in [6.45, 7) is 1.74. The van der Waals surface area contributed by atoms with Crippen molar-refractivity contribution in [1.82, 2.24) is 5.43 Å². The van der Waals surface area contributed by atoms with E-state index in [0.29, 0.717) is 45.4 Å². The van der Waals surface area contributed by atoms with Crippen LogP contribution >= 0.6 is 0 Å². The molecule has 0 saturated carbocycles. The van der Waals surface area contributed by atoms with E-state index in [0.717, 1.165) is 17.2 Å². The number of hydrogen-bond donors (Lipinski definition) is 4. The molecule has 0 fully saturated rings. The number of anilines is 3. The Balaban J connectivity index is 1.05. The maximum absolute atomic E-state index is 13.2. The molecule has 2 aliphatic carbocycles. The second kappa shape index (κ2) is 13.7. The van der Waals surface area contributed by atoms with Crippen molar-refractivity contribution in [2.24, 2.45) is 15.2 Å². The molecule has 0 atom stereocenters. The van der Waals surface area contributed by atoms with Gasteiger partial charge in [-0.25, -0.2) is 4.99 Å². The number of amides is 1. The first-order chi connectivity index (χ1) is 24.6. The van der Waals surface area contributed by atoms with Gasteiger partial charge in [-0.3, -0.25) is 25.0 Å². The third-order valence-corrected chi connectivity index (χ3v) is 8.89. The number of ketones is 1. The molecular formula is C38H29N7O5S. The number of carbonyl (C=O) groups excluding carboxylic acids is 2. The Labute approximate surface area is 293 Å². The van der Waals surface area contributed by atoms with Crippen molar-refractivity contribution in [2.75, 3.05) is 15.9 Å². The van der Waals surface area contributed by atoms with Gasteiger partial charge in [0.15, 0.2) is 11.5 Å². The Hall–Kier alpha value is -6.70. The van der Waals surface area contributed by atoms with Gasteiger partial charge < -0.3 is 5.43 Å². The molecular weight excluding hydrogens is 667 g/mol. The third-order valence-electron chi connectivity index (χ3n) is 8.06. The average Bonchev–Trinajstić information content (AvgIpc) is 3.43. The lowest BCUT2D eigenvalue weighted by molar-refractivity contribution is -0.112. The molecule has 1 amide bonds. The molecule has 13 heteroatoms. The number of hydrazine groups is 1. The number of carbonyl (C=O) groups is 2. The summed E-state index contributed by atoms with van der Waals surface area (Å²) in [4.78, 5) is 30.3. The highest BCUT2D eigenvalue weighted by Crippen LogP contribution is 2.31. The van der Waals surface area contributed by atoms with Crippen molar-refractivity contribution in [3.8, 4) is 11.1 Å². The van der Waals surface area contributed by atoms with Gasteiger partial charge in [0, 0.05) is 6.08 Å². The highest BCUT2D eigenvalue weighted by atomic mass is 32.2. The number of rotatable bonds is 9. The van der Waals surface area contributed by atoms with Gasteiger partial charge in [0.1, 0.15) is 0 Å².